The molecule has 6 rings (SSSR count). The van der Waals surface area contributed by atoms with Crippen LogP contribution in [0.15, 0.2) is 48.0 Å². The van der Waals surface area contributed by atoms with Crippen molar-refractivity contribution in [3.63, 3.8) is 0 Å². The second-order valence-corrected chi connectivity index (χ2v) is 15.9. The molecule has 0 aliphatic carbocycles. The van der Waals surface area contributed by atoms with E-state index in [0.29, 0.717) is 73.6 Å². The maximum Gasteiger partial charge on any atom is 0.335 e. The van der Waals surface area contributed by atoms with Crippen LogP contribution < -0.4 is 36.1 Å². The van der Waals surface area contributed by atoms with Gasteiger partial charge in [0.15, 0.2) is 16.6 Å². The molecule has 296 valence electrons. The minimum Gasteiger partial charge on any atom is -0.487 e. The molecule has 4 atom stereocenters. The molecule has 0 spiro atoms. The number of aromatic carboxylic acids is 1. The summed E-state index contributed by atoms with van der Waals surface area (Å²) in [6.07, 6.45) is 5.72. The van der Waals surface area contributed by atoms with Gasteiger partial charge in [0.05, 0.1) is 44.1 Å². The Kier molecular flexibility index (Phi) is 14.2. The highest BCUT2D eigenvalue weighted by Gasteiger charge is 2.42. The minimum absolute atomic E-state index is 0.00525. The number of benzene rings is 2. The number of carboxylic acid groups (broad SMARTS) is 1. The third-order valence-corrected chi connectivity index (χ3v) is 11.9. The molecule has 55 heavy (non-hydrogen) atoms. The highest BCUT2D eigenvalue weighted by molar-refractivity contribution is 8.00. The van der Waals surface area contributed by atoms with E-state index in [1.165, 1.54) is 23.5 Å². The monoisotopic (exact) mass is 796 g/mol. The highest BCUT2D eigenvalue weighted by atomic mass is 32.2. The van der Waals surface area contributed by atoms with Crippen LogP contribution in [-0.4, -0.2) is 103 Å². The summed E-state index contributed by atoms with van der Waals surface area (Å²) in [6, 6.07) is 10.3. The van der Waals surface area contributed by atoms with Gasteiger partial charge in [-0.25, -0.2) is 14.6 Å². The molecular weight excluding hydrogens is 749 g/mol. The molecule has 15 nitrogen and oxygen atoms in total. The Bertz CT molecular complexity index is 1780. The van der Waals surface area contributed by atoms with Crippen LogP contribution in [0.3, 0.4) is 0 Å². The van der Waals surface area contributed by atoms with Crippen molar-refractivity contribution in [1.82, 2.24) is 26.3 Å². The van der Waals surface area contributed by atoms with E-state index in [-0.39, 0.29) is 48.5 Å². The molecule has 3 aliphatic heterocycles. The van der Waals surface area contributed by atoms with E-state index in [2.05, 4.69) is 31.6 Å². The van der Waals surface area contributed by atoms with Crippen LogP contribution in [-0.2, 0) is 31.0 Å². The Morgan fingerprint density at radius 3 is 2.58 bits per heavy atom. The van der Waals surface area contributed by atoms with Crippen molar-refractivity contribution in [2.24, 2.45) is 0 Å². The summed E-state index contributed by atoms with van der Waals surface area (Å²) in [6.45, 7) is 4.70. The quantitative estimate of drug-likeness (QED) is 0.0662. The normalized spacial score (nSPS) is 21.2. The number of thioether (sulfide) groups is 1. The van der Waals surface area contributed by atoms with Crippen LogP contribution in [0, 0.1) is 0 Å². The molecule has 0 bridgehead atoms. The number of nitrogens with one attached hydrogen (secondary N) is 5. The molecule has 6 N–H and O–H groups in total. The summed E-state index contributed by atoms with van der Waals surface area (Å²) in [7, 11) is 0. The van der Waals surface area contributed by atoms with Gasteiger partial charge in [-0.15, -0.1) is 11.3 Å². The third kappa shape index (κ3) is 11.3. The largest absolute Gasteiger partial charge is 0.487 e. The summed E-state index contributed by atoms with van der Waals surface area (Å²) in [5.74, 6) is 1.09. The van der Waals surface area contributed by atoms with Crippen molar-refractivity contribution in [2.45, 2.75) is 68.3 Å². The summed E-state index contributed by atoms with van der Waals surface area (Å²) in [5.41, 5.74) is 1.37. The van der Waals surface area contributed by atoms with Crippen molar-refractivity contribution in [3.8, 4) is 17.2 Å². The lowest BCUT2D eigenvalue weighted by atomic mass is 9.81. The third-order valence-electron chi connectivity index (χ3n) is 9.70. The van der Waals surface area contributed by atoms with Gasteiger partial charge in [-0.1, -0.05) is 6.42 Å². The number of aromatic nitrogens is 1. The first-order chi connectivity index (χ1) is 26.7. The molecule has 2 aromatic carbocycles. The molecule has 4 heterocycles. The van der Waals surface area contributed by atoms with Crippen molar-refractivity contribution in [1.29, 1.82) is 0 Å². The predicted octanol–water partition coefficient (Wildman–Crippen LogP) is 4.28. The second kappa shape index (κ2) is 19.4. The lowest BCUT2D eigenvalue weighted by Gasteiger charge is -2.37. The fraction of sp³-hybridized carbons (Fsp3) is 0.500. The topological polar surface area (TPSA) is 198 Å². The number of carbonyl (C=O) groups is 4. The Balaban J connectivity index is 0.919. The van der Waals surface area contributed by atoms with E-state index < -0.39 is 11.5 Å². The number of ether oxygens (including phenoxy) is 4. The predicted molar refractivity (Wildman–Crippen MR) is 208 cm³/mol. The standard InChI is InChI=1S/C38H48N6O9S2/c1-38(22-33(46)43-37-40-13-19-54-37)27-21-30(53-26-8-6-24(7-9-26)35(47)48)29(20-25(27)10-11-41-38)52-18-17-51-16-15-50-14-12-39-32(45)5-3-2-4-31-34-28(23-55-31)42-36(49)44-34/h6-9,13,19-21,28,31,34,41H,2-5,10-12,14-18,22-23H2,1H3,(H,39,45)(H,47,48)(H,40,43,46)(H2,42,44,49)/t28?,31-,34-,38+/m0/s1. The molecule has 0 saturated carbocycles. The lowest BCUT2D eigenvalue weighted by molar-refractivity contribution is -0.121. The van der Waals surface area contributed by atoms with Crippen molar-refractivity contribution in [2.75, 3.05) is 57.2 Å². The van der Waals surface area contributed by atoms with E-state index in [0.717, 1.165) is 42.6 Å². The average molecular weight is 797 g/mol. The molecule has 0 radical (unpaired) electrons. The van der Waals surface area contributed by atoms with Gasteiger partial charge in [-0.05, 0) is 73.7 Å². The number of rotatable bonds is 21. The first-order valence-electron chi connectivity index (χ1n) is 18.5. The zero-order valence-corrected chi connectivity index (χ0v) is 32.4. The van der Waals surface area contributed by atoms with Crippen LogP contribution in [0.2, 0.25) is 0 Å². The van der Waals surface area contributed by atoms with Crippen LogP contribution >= 0.6 is 23.1 Å². The number of urea groups is 1. The van der Waals surface area contributed by atoms with Crippen LogP contribution in [0.1, 0.15) is 60.5 Å². The van der Waals surface area contributed by atoms with Gasteiger partial charge < -0.3 is 50.6 Å². The number of fused-ring (bicyclic) bond motifs is 2. The van der Waals surface area contributed by atoms with Crippen LogP contribution in [0.25, 0.3) is 0 Å². The number of unbranched alkanes of at least 4 members (excludes halogenated alkanes) is 1. The Morgan fingerprint density at radius 1 is 1.00 bits per heavy atom. The Hall–Kier alpha value is -4.42. The van der Waals surface area contributed by atoms with E-state index in [1.807, 2.05) is 30.8 Å². The van der Waals surface area contributed by atoms with Crippen molar-refractivity contribution >= 4 is 52.0 Å². The van der Waals surface area contributed by atoms with E-state index in [4.69, 9.17) is 18.9 Å². The number of anilines is 1. The number of carbonyl (C=O) groups excluding carboxylic acids is 3. The van der Waals surface area contributed by atoms with Crippen LogP contribution in [0.5, 0.6) is 17.2 Å². The fourth-order valence-electron chi connectivity index (χ4n) is 6.96. The fourth-order valence-corrected chi connectivity index (χ4v) is 9.05. The molecule has 4 amide bonds. The zero-order chi connectivity index (χ0) is 38.6. The second-order valence-electron chi connectivity index (χ2n) is 13.7. The Morgan fingerprint density at radius 2 is 1.80 bits per heavy atom. The molecule has 3 aliphatic rings. The first kappa shape index (κ1) is 40.2. The van der Waals surface area contributed by atoms with Crippen LogP contribution in [0.4, 0.5) is 9.93 Å². The zero-order valence-electron chi connectivity index (χ0n) is 30.7. The van der Waals surface area contributed by atoms with E-state index >= 15 is 0 Å². The summed E-state index contributed by atoms with van der Waals surface area (Å²) in [5, 5.41) is 27.3. The molecule has 1 unspecified atom stereocenters. The van der Waals surface area contributed by atoms with Gasteiger partial charge in [-0.2, -0.15) is 11.8 Å². The molecule has 1 aromatic heterocycles. The molecule has 2 saturated heterocycles. The molecular formula is C38H48N6O9S2. The number of hydrogen-bond donors (Lipinski definition) is 6. The number of amides is 4. The van der Waals surface area contributed by atoms with Gasteiger partial charge in [0.1, 0.15) is 12.4 Å². The van der Waals surface area contributed by atoms with Gasteiger partial charge in [0.2, 0.25) is 11.8 Å². The van der Waals surface area contributed by atoms with Gasteiger partial charge >= 0.3 is 12.0 Å². The van der Waals surface area contributed by atoms with Gasteiger partial charge in [0, 0.05) is 54.0 Å². The Labute approximate surface area is 328 Å². The highest BCUT2D eigenvalue weighted by Crippen LogP contribution is 2.41. The number of carboxylic acids is 1. The van der Waals surface area contributed by atoms with Crippen molar-refractivity contribution < 1.29 is 43.2 Å². The smallest absolute Gasteiger partial charge is 0.335 e. The number of thiazole rings is 1. The molecule has 3 aromatic rings. The number of nitrogens with zero attached hydrogens (tertiary/aromatic N) is 1. The average Bonchev–Trinajstić information content (AvgIpc) is 3.90. The summed E-state index contributed by atoms with van der Waals surface area (Å²) in [4.78, 5) is 52.3. The summed E-state index contributed by atoms with van der Waals surface area (Å²) >= 11 is 3.24. The first-order valence-corrected chi connectivity index (χ1v) is 20.5. The van der Waals surface area contributed by atoms with E-state index in [9.17, 15) is 24.3 Å². The molecule has 17 heteroatoms. The maximum absolute atomic E-state index is 13.0. The van der Waals surface area contributed by atoms with Crippen molar-refractivity contribution in [3.05, 3.63) is 64.7 Å². The SMILES string of the molecule is C[C@]1(CC(=O)Nc2nccs2)NCCc2cc(OCCOCCOCCNC(=O)CCCC[C@@H]3SCC4NC(=O)N[C@@H]43)c(Oc3ccc(C(=O)O)cc3)cc21. The van der Waals surface area contributed by atoms with Gasteiger partial charge in [-0.3, -0.25) is 9.59 Å². The van der Waals surface area contributed by atoms with Gasteiger partial charge in [0.25, 0.3) is 0 Å². The number of hydrogen-bond acceptors (Lipinski definition) is 12. The van der Waals surface area contributed by atoms with E-state index in [1.54, 1.807) is 23.7 Å². The lowest BCUT2D eigenvalue weighted by Crippen LogP contribution is -2.47. The summed E-state index contributed by atoms with van der Waals surface area (Å²) < 4.78 is 23.8. The minimum atomic E-state index is -1.03. The molecule has 2 fully saturated rings. The maximum atomic E-state index is 13.0.